The highest BCUT2D eigenvalue weighted by molar-refractivity contribution is 5.82. The number of carboxylic acids is 1. The van der Waals surface area contributed by atoms with Crippen molar-refractivity contribution >= 4 is 11.9 Å². The molecule has 5 nitrogen and oxygen atoms in total. The number of carbonyl (C=O) groups excluding carboxylic acids is 1. The minimum atomic E-state index is -0.893. The Hall–Kier alpha value is -1.10. The van der Waals surface area contributed by atoms with Gasteiger partial charge in [-0.1, -0.05) is 19.8 Å². The smallest absolute Gasteiger partial charge is 0.305 e. The van der Waals surface area contributed by atoms with Gasteiger partial charge in [0.15, 0.2) is 0 Å². The van der Waals surface area contributed by atoms with Crippen molar-refractivity contribution in [3.8, 4) is 0 Å². The number of hydrogen-bond acceptors (Lipinski definition) is 3. The molecule has 5 heteroatoms. The van der Waals surface area contributed by atoms with Crippen molar-refractivity contribution < 1.29 is 14.7 Å². The molecule has 0 aliphatic rings. The monoisotopic (exact) mass is 233 g/mol. The first-order valence-electron chi connectivity index (χ1n) is 5.65. The molecule has 0 aromatic rings. The molecule has 0 fully saturated rings. The summed E-state index contributed by atoms with van der Waals surface area (Å²) in [5, 5.41) is 11.1. The Balaban J connectivity index is 4.01. The van der Waals surface area contributed by atoms with Crippen LogP contribution in [0.5, 0.6) is 0 Å². The van der Waals surface area contributed by atoms with Gasteiger partial charge in [0.05, 0.1) is 12.5 Å². The lowest BCUT2D eigenvalue weighted by Crippen LogP contribution is -2.44. The Morgan fingerprint density at radius 3 is 2.44 bits per heavy atom. The molecule has 0 radical (unpaired) electrons. The largest absolute Gasteiger partial charge is 0.481 e. The number of carboxylic acid groups (broad SMARTS) is 1. The Kier molecular flexibility index (Phi) is 7.54. The van der Waals surface area contributed by atoms with E-state index < -0.39 is 5.97 Å². The van der Waals surface area contributed by atoms with E-state index in [9.17, 15) is 9.59 Å². The Bertz CT molecular complexity index is 229. The van der Waals surface area contributed by atoms with Crippen molar-refractivity contribution in [2.24, 2.45) is 0 Å². The summed E-state index contributed by atoms with van der Waals surface area (Å²) >= 11 is 0. The van der Waals surface area contributed by atoms with Crippen LogP contribution in [0.4, 0.5) is 0 Å². The van der Waals surface area contributed by atoms with E-state index in [1.165, 1.54) is 0 Å². The summed E-state index contributed by atoms with van der Waals surface area (Å²) in [5.41, 5.74) is 0. The molecule has 0 aliphatic heterocycles. The first-order valence-corrected chi connectivity index (χ1v) is 5.65. The normalized spacial score (nSPS) is 12.5. The van der Waals surface area contributed by atoms with Crippen molar-refractivity contribution in [3.63, 3.8) is 0 Å². The van der Waals surface area contributed by atoms with Crippen LogP contribution in [-0.4, -0.2) is 48.6 Å². The topological polar surface area (TPSA) is 69.6 Å². The third-order valence-corrected chi connectivity index (χ3v) is 2.40. The van der Waals surface area contributed by atoms with Gasteiger partial charge in [-0.25, -0.2) is 0 Å². The fourth-order valence-corrected chi connectivity index (χ4v) is 1.43. The van der Waals surface area contributed by atoms with E-state index in [0.29, 0.717) is 0 Å². The van der Waals surface area contributed by atoms with Gasteiger partial charge in [0, 0.05) is 6.54 Å². The molecule has 0 saturated carbocycles. The van der Waals surface area contributed by atoms with Gasteiger partial charge in [0.25, 0.3) is 0 Å². The van der Waals surface area contributed by atoms with Gasteiger partial charge in [0.2, 0.25) is 5.91 Å². The van der Waals surface area contributed by atoms with Crippen LogP contribution in [0.1, 0.15) is 32.6 Å². The molecule has 94 valence electrons. The average Bonchev–Trinajstić information content (AvgIpc) is 2.17. The van der Waals surface area contributed by atoms with Gasteiger partial charge < -0.3 is 10.4 Å². The molecule has 1 unspecified atom stereocenters. The van der Waals surface area contributed by atoms with Crippen LogP contribution in [0.25, 0.3) is 0 Å². The second-order valence-corrected chi connectivity index (χ2v) is 4.06. The zero-order valence-electron chi connectivity index (χ0n) is 10.3. The lowest BCUT2D eigenvalue weighted by molar-refractivity contribution is -0.137. The number of nitrogens with zero attached hydrogens (tertiary/aromatic N) is 1. The molecular weight excluding hydrogens is 211 g/mol. The number of amides is 1. The minimum Gasteiger partial charge on any atom is -0.481 e. The molecule has 0 aromatic carbocycles. The fraction of sp³-hybridized carbons (Fsp3) is 0.818. The van der Waals surface area contributed by atoms with E-state index in [1.54, 1.807) is 0 Å². The minimum absolute atomic E-state index is 0.0281. The van der Waals surface area contributed by atoms with E-state index >= 15 is 0 Å². The summed E-state index contributed by atoms with van der Waals surface area (Å²) in [7, 11) is 3.72. The first kappa shape index (κ1) is 14.9. The number of rotatable bonds is 8. The van der Waals surface area contributed by atoms with Crippen molar-refractivity contribution in [2.75, 3.05) is 20.6 Å². The summed E-state index contributed by atoms with van der Waals surface area (Å²) < 4.78 is 0. The number of hydrogen-bond donors (Lipinski definition) is 2. The van der Waals surface area contributed by atoms with Gasteiger partial charge in [-0.3, -0.25) is 14.5 Å². The standard InChI is InChI=1S/C11H22N2O3/c1-4-5-6-9(13(2)3)11(16)12-8-7-10(14)15/h9H,4-8H2,1-3H3,(H,12,16)(H,14,15)/i1+1,2+1,4+1. The fourth-order valence-electron chi connectivity index (χ4n) is 1.43. The van der Waals surface area contributed by atoms with E-state index in [2.05, 4.69) is 12.2 Å². The van der Waals surface area contributed by atoms with Crippen LogP contribution in [0, 0.1) is 0 Å². The molecule has 1 atom stereocenters. The predicted octanol–water partition coefficient (Wildman–Crippen LogP) is 0.698. The average molecular weight is 233 g/mol. The van der Waals surface area contributed by atoms with E-state index in [1.807, 2.05) is 19.0 Å². The molecule has 0 heterocycles. The van der Waals surface area contributed by atoms with Crippen molar-refractivity contribution in [3.05, 3.63) is 0 Å². The lowest BCUT2D eigenvalue weighted by atomic mass is 10.1. The Morgan fingerprint density at radius 1 is 1.38 bits per heavy atom. The third kappa shape index (κ3) is 6.40. The third-order valence-electron chi connectivity index (χ3n) is 2.40. The second-order valence-electron chi connectivity index (χ2n) is 4.06. The van der Waals surface area contributed by atoms with E-state index in [4.69, 9.17) is 5.11 Å². The van der Waals surface area contributed by atoms with Gasteiger partial charge in [0.1, 0.15) is 0 Å². The zero-order valence-corrected chi connectivity index (χ0v) is 10.3. The maximum atomic E-state index is 11.7. The van der Waals surface area contributed by atoms with Gasteiger partial charge in [-0.15, -0.1) is 0 Å². The summed E-state index contributed by atoms with van der Waals surface area (Å²) in [5.74, 6) is -0.977. The van der Waals surface area contributed by atoms with E-state index in [0.717, 1.165) is 19.3 Å². The number of unbranched alkanes of at least 4 members (excludes halogenated alkanes) is 1. The SMILES string of the molecule is CN([13CH3])C(CC[13CH2][13CH3])C(=O)NCCC(=O)O. The van der Waals surface area contributed by atoms with E-state index in [-0.39, 0.29) is 24.9 Å². The molecule has 0 aliphatic carbocycles. The molecular formula is C11H22N2O3. The van der Waals surface area contributed by atoms with Gasteiger partial charge in [-0.05, 0) is 20.5 Å². The highest BCUT2D eigenvalue weighted by Gasteiger charge is 2.19. The molecule has 2 N–H and O–H groups in total. The maximum Gasteiger partial charge on any atom is 0.305 e. The zero-order chi connectivity index (χ0) is 12.6. The maximum absolute atomic E-state index is 11.7. The summed E-state index contributed by atoms with van der Waals surface area (Å²) in [6, 6.07) is -0.159. The predicted molar refractivity (Wildman–Crippen MR) is 62.3 cm³/mol. The molecule has 1 amide bonds. The Labute approximate surface area is 96.8 Å². The number of aliphatic carboxylic acids is 1. The highest BCUT2D eigenvalue weighted by atomic mass is 16.4. The summed E-state index contributed by atoms with van der Waals surface area (Å²) in [4.78, 5) is 23.9. The second kappa shape index (κ2) is 8.10. The van der Waals surface area contributed by atoms with Crippen LogP contribution < -0.4 is 5.32 Å². The first-order chi connectivity index (χ1) is 7.49. The van der Waals surface area contributed by atoms with Crippen LogP contribution in [-0.2, 0) is 9.59 Å². The highest BCUT2D eigenvalue weighted by Crippen LogP contribution is 2.05. The van der Waals surface area contributed by atoms with Gasteiger partial charge in [-0.2, -0.15) is 0 Å². The van der Waals surface area contributed by atoms with Crippen molar-refractivity contribution in [1.29, 1.82) is 0 Å². The summed E-state index contributed by atoms with van der Waals surface area (Å²) in [6.45, 7) is 2.28. The number of nitrogens with one attached hydrogen (secondary N) is 1. The molecule has 0 rings (SSSR count). The van der Waals surface area contributed by atoms with Crippen molar-refractivity contribution in [1.82, 2.24) is 10.2 Å². The summed E-state index contributed by atoms with van der Waals surface area (Å²) in [6.07, 6.45) is 2.82. The Morgan fingerprint density at radius 2 is 2.00 bits per heavy atom. The number of likely N-dealkylation sites (N-methyl/N-ethyl adjacent to an activating group) is 1. The number of carbonyl (C=O) groups is 2. The van der Waals surface area contributed by atoms with Crippen LogP contribution in [0.3, 0.4) is 0 Å². The lowest BCUT2D eigenvalue weighted by Gasteiger charge is -2.23. The van der Waals surface area contributed by atoms with Crippen LogP contribution in [0.15, 0.2) is 0 Å². The molecule has 0 spiro atoms. The van der Waals surface area contributed by atoms with Gasteiger partial charge >= 0.3 is 5.97 Å². The molecule has 0 aromatic heterocycles. The van der Waals surface area contributed by atoms with Crippen LogP contribution in [0.2, 0.25) is 0 Å². The molecule has 0 bridgehead atoms. The van der Waals surface area contributed by atoms with Crippen LogP contribution >= 0.6 is 0 Å². The molecule has 16 heavy (non-hydrogen) atoms. The quantitative estimate of drug-likeness (QED) is 0.605. The van der Waals surface area contributed by atoms with Crippen molar-refractivity contribution in [2.45, 2.75) is 38.6 Å². The molecule has 0 saturated heterocycles.